The molecule has 0 saturated carbocycles. The fraction of sp³-hybridized carbons (Fsp3) is 0.300. The lowest BCUT2D eigenvalue weighted by Gasteiger charge is -2.13. The van der Waals surface area contributed by atoms with Crippen molar-refractivity contribution >= 4 is 17.5 Å². The monoisotopic (exact) mass is 372 g/mol. The number of hydrogen-bond donors (Lipinski definition) is 2. The summed E-state index contributed by atoms with van der Waals surface area (Å²) < 4.78 is 15.4. The average molecular weight is 372 g/mol. The van der Waals surface area contributed by atoms with Crippen LogP contribution in [0.3, 0.4) is 0 Å². The summed E-state index contributed by atoms with van der Waals surface area (Å²) in [5.74, 6) is 0.475. The highest BCUT2D eigenvalue weighted by Gasteiger charge is 2.16. The molecule has 0 fully saturated rings. The molecule has 0 atom stereocenters. The number of carbonyl (C=O) groups excluding carboxylic acids is 2. The minimum atomic E-state index is -0.309. The summed E-state index contributed by atoms with van der Waals surface area (Å²) in [5.41, 5.74) is 1.84. The molecule has 2 aromatic rings. The molecule has 0 radical (unpaired) electrons. The zero-order chi connectivity index (χ0) is 19.6. The van der Waals surface area contributed by atoms with E-state index < -0.39 is 0 Å². The molecule has 0 aliphatic rings. The first-order valence-corrected chi connectivity index (χ1v) is 8.46. The highest BCUT2D eigenvalue weighted by molar-refractivity contribution is 6.06. The Labute approximate surface area is 158 Å². The molecular weight excluding hydrogens is 348 g/mol. The Kier molecular flexibility index (Phi) is 7.63. The second kappa shape index (κ2) is 10.2. The Morgan fingerprint density at radius 3 is 2.33 bits per heavy atom. The second-order valence-corrected chi connectivity index (χ2v) is 5.71. The molecule has 144 valence electrons. The lowest BCUT2D eigenvalue weighted by molar-refractivity contribution is -0.120. The number of methoxy groups -OCH3 is 3. The van der Waals surface area contributed by atoms with Crippen LogP contribution in [0.1, 0.15) is 15.9 Å². The summed E-state index contributed by atoms with van der Waals surface area (Å²) in [6.45, 7) is 0.955. The number of amides is 2. The minimum absolute atomic E-state index is 0.0787. The van der Waals surface area contributed by atoms with Crippen molar-refractivity contribution in [3.05, 3.63) is 53.6 Å². The van der Waals surface area contributed by atoms with Crippen LogP contribution in [-0.2, 0) is 16.0 Å². The summed E-state index contributed by atoms with van der Waals surface area (Å²) in [5, 5.41) is 5.58. The van der Waals surface area contributed by atoms with Crippen LogP contribution in [0.15, 0.2) is 42.5 Å². The van der Waals surface area contributed by atoms with E-state index in [2.05, 4.69) is 10.6 Å². The molecule has 2 amide bonds. The number of benzene rings is 2. The Hall–Kier alpha value is -3.06. The topological polar surface area (TPSA) is 85.9 Å². The Bertz CT molecular complexity index is 774. The minimum Gasteiger partial charge on any atom is -0.493 e. The van der Waals surface area contributed by atoms with Crippen molar-refractivity contribution in [2.45, 2.75) is 6.42 Å². The van der Waals surface area contributed by atoms with Gasteiger partial charge in [-0.2, -0.15) is 0 Å². The van der Waals surface area contributed by atoms with Crippen LogP contribution in [0.2, 0.25) is 0 Å². The standard InChI is InChI=1S/C20H24N2O5/c1-25-12-11-21-18(23)13-14-7-9-15(10-8-14)22-20(24)16-5-4-6-17(26-2)19(16)27-3/h4-10H,11-13H2,1-3H3,(H,21,23)(H,22,24). The SMILES string of the molecule is COCCNC(=O)Cc1ccc(NC(=O)c2cccc(OC)c2OC)cc1. The van der Waals surface area contributed by atoms with Crippen molar-refractivity contribution in [2.24, 2.45) is 0 Å². The molecule has 0 unspecified atom stereocenters. The number of anilines is 1. The molecule has 7 nitrogen and oxygen atoms in total. The van der Waals surface area contributed by atoms with Gasteiger partial charge in [-0.15, -0.1) is 0 Å². The average Bonchev–Trinajstić information content (AvgIpc) is 2.68. The molecule has 0 bridgehead atoms. The van der Waals surface area contributed by atoms with Gasteiger partial charge in [-0.25, -0.2) is 0 Å². The van der Waals surface area contributed by atoms with E-state index in [1.165, 1.54) is 14.2 Å². The molecular formula is C20H24N2O5. The van der Waals surface area contributed by atoms with Crippen molar-refractivity contribution in [3.8, 4) is 11.5 Å². The van der Waals surface area contributed by atoms with Crippen LogP contribution < -0.4 is 20.1 Å². The lowest BCUT2D eigenvalue weighted by atomic mass is 10.1. The van der Waals surface area contributed by atoms with Crippen molar-refractivity contribution in [1.29, 1.82) is 0 Å². The summed E-state index contributed by atoms with van der Waals surface area (Å²) >= 11 is 0. The normalized spacial score (nSPS) is 10.2. The van der Waals surface area contributed by atoms with Gasteiger partial charge < -0.3 is 24.8 Å². The fourth-order valence-electron chi connectivity index (χ4n) is 2.51. The summed E-state index contributed by atoms with van der Waals surface area (Å²) in [7, 11) is 4.59. The molecule has 0 saturated heterocycles. The number of para-hydroxylation sites is 1. The van der Waals surface area contributed by atoms with Gasteiger partial charge in [0, 0.05) is 19.3 Å². The lowest BCUT2D eigenvalue weighted by Crippen LogP contribution is -2.28. The Morgan fingerprint density at radius 1 is 0.963 bits per heavy atom. The van der Waals surface area contributed by atoms with E-state index in [9.17, 15) is 9.59 Å². The third-order valence-corrected chi connectivity index (χ3v) is 3.85. The molecule has 0 aliphatic carbocycles. The highest BCUT2D eigenvalue weighted by Crippen LogP contribution is 2.31. The van der Waals surface area contributed by atoms with Gasteiger partial charge in [-0.3, -0.25) is 9.59 Å². The van der Waals surface area contributed by atoms with Gasteiger partial charge in [0.1, 0.15) is 0 Å². The largest absolute Gasteiger partial charge is 0.493 e. The Balaban J connectivity index is 2.00. The zero-order valence-corrected chi connectivity index (χ0v) is 15.7. The number of ether oxygens (including phenoxy) is 3. The number of rotatable bonds is 9. The molecule has 2 N–H and O–H groups in total. The molecule has 2 aromatic carbocycles. The molecule has 0 heterocycles. The second-order valence-electron chi connectivity index (χ2n) is 5.71. The van der Waals surface area contributed by atoms with Gasteiger partial charge in [0.05, 0.1) is 32.8 Å². The predicted molar refractivity (Wildman–Crippen MR) is 103 cm³/mol. The van der Waals surface area contributed by atoms with Gasteiger partial charge in [0.25, 0.3) is 5.91 Å². The number of carbonyl (C=O) groups is 2. The maximum atomic E-state index is 12.5. The maximum Gasteiger partial charge on any atom is 0.259 e. The summed E-state index contributed by atoms with van der Waals surface area (Å²) in [6.07, 6.45) is 0.266. The van der Waals surface area contributed by atoms with Gasteiger partial charge in [-0.05, 0) is 29.8 Å². The van der Waals surface area contributed by atoms with Gasteiger partial charge in [0.15, 0.2) is 11.5 Å². The maximum absolute atomic E-state index is 12.5. The van der Waals surface area contributed by atoms with E-state index in [1.54, 1.807) is 49.6 Å². The summed E-state index contributed by atoms with van der Waals surface area (Å²) in [6, 6.07) is 12.2. The van der Waals surface area contributed by atoms with Crippen LogP contribution in [0, 0.1) is 0 Å². The first-order valence-electron chi connectivity index (χ1n) is 8.46. The van der Waals surface area contributed by atoms with Crippen LogP contribution in [0.4, 0.5) is 5.69 Å². The van der Waals surface area contributed by atoms with E-state index in [-0.39, 0.29) is 18.2 Å². The van der Waals surface area contributed by atoms with Crippen molar-refractivity contribution < 1.29 is 23.8 Å². The van der Waals surface area contributed by atoms with E-state index in [1.807, 2.05) is 0 Å². The Morgan fingerprint density at radius 2 is 1.70 bits per heavy atom. The van der Waals surface area contributed by atoms with Crippen molar-refractivity contribution in [2.75, 3.05) is 39.8 Å². The molecule has 2 rings (SSSR count). The zero-order valence-electron chi connectivity index (χ0n) is 15.7. The fourth-order valence-corrected chi connectivity index (χ4v) is 2.51. The van der Waals surface area contributed by atoms with Crippen LogP contribution in [-0.4, -0.2) is 46.3 Å². The molecule has 7 heteroatoms. The van der Waals surface area contributed by atoms with E-state index >= 15 is 0 Å². The molecule has 27 heavy (non-hydrogen) atoms. The number of nitrogens with one attached hydrogen (secondary N) is 2. The molecule has 0 spiro atoms. The molecule has 0 aromatic heterocycles. The van der Waals surface area contributed by atoms with E-state index in [0.29, 0.717) is 35.9 Å². The first-order chi connectivity index (χ1) is 13.1. The third-order valence-electron chi connectivity index (χ3n) is 3.85. The van der Waals surface area contributed by atoms with E-state index in [4.69, 9.17) is 14.2 Å². The predicted octanol–water partition coefficient (Wildman–Crippen LogP) is 2.26. The van der Waals surface area contributed by atoms with Crippen molar-refractivity contribution in [1.82, 2.24) is 5.32 Å². The highest BCUT2D eigenvalue weighted by atomic mass is 16.5. The van der Waals surface area contributed by atoms with Gasteiger partial charge in [-0.1, -0.05) is 18.2 Å². The van der Waals surface area contributed by atoms with Crippen LogP contribution >= 0.6 is 0 Å². The smallest absolute Gasteiger partial charge is 0.259 e. The van der Waals surface area contributed by atoms with Crippen LogP contribution in [0.25, 0.3) is 0 Å². The first kappa shape index (κ1) is 20.3. The van der Waals surface area contributed by atoms with Crippen molar-refractivity contribution in [3.63, 3.8) is 0 Å². The summed E-state index contributed by atoms with van der Waals surface area (Å²) in [4.78, 5) is 24.4. The van der Waals surface area contributed by atoms with Crippen LogP contribution in [0.5, 0.6) is 11.5 Å². The van der Waals surface area contributed by atoms with E-state index in [0.717, 1.165) is 5.56 Å². The third kappa shape index (κ3) is 5.72. The molecule has 0 aliphatic heterocycles. The quantitative estimate of drug-likeness (QED) is 0.660. The van der Waals surface area contributed by atoms with Gasteiger partial charge in [0.2, 0.25) is 5.91 Å². The number of hydrogen-bond acceptors (Lipinski definition) is 5. The van der Waals surface area contributed by atoms with Gasteiger partial charge >= 0.3 is 0 Å².